The fourth-order valence-corrected chi connectivity index (χ4v) is 4.35. The van der Waals surface area contributed by atoms with Gasteiger partial charge in [-0.05, 0) is 24.5 Å². The molecule has 1 rings (SSSR count). The lowest BCUT2D eigenvalue weighted by atomic mass is 9.90. The van der Waals surface area contributed by atoms with Crippen LogP contribution in [0.1, 0.15) is 120 Å². The summed E-state index contributed by atoms with van der Waals surface area (Å²) in [7, 11) is 0.482. The first-order valence-corrected chi connectivity index (χ1v) is 12.7. The first-order valence-electron chi connectivity index (χ1n) is 11.8. The van der Waals surface area contributed by atoms with Gasteiger partial charge in [-0.1, -0.05) is 121 Å². The summed E-state index contributed by atoms with van der Waals surface area (Å²) >= 11 is 0. The normalized spacial score (nSPS) is 12.2. The minimum absolute atomic E-state index is 0.0318. The first kappa shape index (κ1) is 24.9. The van der Waals surface area contributed by atoms with Crippen LogP contribution in [0.5, 0.6) is 0 Å². The van der Waals surface area contributed by atoms with Gasteiger partial charge in [0.25, 0.3) is 5.97 Å². The Kier molecular flexibility index (Phi) is 15.0. The first-order chi connectivity index (χ1) is 13.7. The lowest BCUT2D eigenvalue weighted by Crippen LogP contribution is -2.16. The van der Waals surface area contributed by atoms with Crippen molar-refractivity contribution in [3.63, 3.8) is 0 Å². The molecule has 0 bridgehead atoms. The van der Waals surface area contributed by atoms with Crippen molar-refractivity contribution < 1.29 is 9.22 Å². The number of unbranched alkanes of at least 4 members (excludes halogenated alkanes) is 13. The third-order valence-corrected chi connectivity index (χ3v) is 6.30. The molecule has 160 valence electrons. The molecule has 0 aliphatic carbocycles. The highest BCUT2D eigenvalue weighted by atomic mass is 28.2. The summed E-state index contributed by atoms with van der Waals surface area (Å²) in [6.07, 6.45) is 20.0. The lowest BCUT2D eigenvalue weighted by Gasteiger charge is -2.17. The molecular formula is C25H44O2Si. The van der Waals surface area contributed by atoms with E-state index in [0.29, 0.717) is 10.5 Å². The summed E-state index contributed by atoms with van der Waals surface area (Å²) in [5.41, 5.74) is 2.35. The van der Waals surface area contributed by atoms with E-state index >= 15 is 0 Å². The van der Waals surface area contributed by atoms with Crippen molar-refractivity contribution >= 4 is 16.5 Å². The molecule has 0 aromatic heterocycles. The molecule has 1 aromatic rings. The number of benzene rings is 1. The highest BCUT2D eigenvalue weighted by Gasteiger charge is 2.21. The van der Waals surface area contributed by atoms with Crippen LogP contribution in [-0.4, -0.2) is 16.5 Å². The molecule has 0 N–H and O–H groups in total. The highest BCUT2D eigenvalue weighted by Crippen LogP contribution is 2.27. The van der Waals surface area contributed by atoms with Gasteiger partial charge in [-0.3, -0.25) is 4.79 Å². The molecule has 0 amide bonds. The van der Waals surface area contributed by atoms with Gasteiger partial charge in [0.2, 0.25) is 10.5 Å². The Bertz CT molecular complexity index is 515. The molecule has 0 saturated carbocycles. The molecule has 0 aliphatic rings. The van der Waals surface area contributed by atoms with Crippen LogP contribution in [0, 0.1) is 6.92 Å². The second kappa shape index (κ2) is 16.8. The second-order valence-electron chi connectivity index (χ2n) is 8.32. The SMILES string of the molecule is CCCCCCCCCCCCCCCCC(C(=O)O[SiH3])c1ccccc1C. The Morgan fingerprint density at radius 2 is 1.29 bits per heavy atom. The fourth-order valence-electron chi connectivity index (χ4n) is 4.06. The molecular weight excluding hydrogens is 360 g/mol. The number of rotatable bonds is 17. The number of hydrogen-bond acceptors (Lipinski definition) is 2. The van der Waals surface area contributed by atoms with Gasteiger partial charge in [0, 0.05) is 0 Å². The number of aryl methyl sites for hydroxylation is 1. The maximum absolute atomic E-state index is 12.2. The molecule has 0 aliphatic heterocycles. The van der Waals surface area contributed by atoms with Gasteiger partial charge in [0.05, 0.1) is 5.92 Å². The summed E-state index contributed by atoms with van der Waals surface area (Å²) in [5.74, 6) is -0.105. The van der Waals surface area contributed by atoms with Crippen LogP contribution in [0.3, 0.4) is 0 Å². The van der Waals surface area contributed by atoms with Crippen LogP contribution in [0.2, 0.25) is 0 Å². The van der Waals surface area contributed by atoms with Crippen molar-refractivity contribution in [1.29, 1.82) is 0 Å². The fraction of sp³-hybridized carbons (Fsp3) is 0.720. The molecule has 3 heteroatoms. The Balaban J connectivity index is 2.06. The number of hydrogen-bond donors (Lipinski definition) is 0. The topological polar surface area (TPSA) is 26.3 Å². The Morgan fingerprint density at radius 3 is 1.75 bits per heavy atom. The van der Waals surface area contributed by atoms with E-state index in [9.17, 15) is 4.79 Å². The van der Waals surface area contributed by atoms with E-state index in [1.807, 2.05) is 12.1 Å². The molecule has 0 fully saturated rings. The quantitative estimate of drug-likeness (QED) is 0.211. The van der Waals surface area contributed by atoms with Crippen LogP contribution in [-0.2, 0) is 9.22 Å². The summed E-state index contributed by atoms with van der Waals surface area (Å²) in [6, 6.07) is 8.24. The van der Waals surface area contributed by atoms with Gasteiger partial charge >= 0.3 is 0 Å². The molecule has 0 saturated heterocycles. The molecule has 0 heterocycles. The Morgan fingerprint density at radius 1 is 0.821 bits per heavy atom. The average Bonchev–Trinajstić information content (AvgIpc) is 2.71. The molecule has 2 nitrogen and oxygen atoms in total. The van der Waals surface area contributed by atoms with E-state index in [2.05, 4.69) is 26.0 Å². The minimum Gasteiger partial charge on any atom is -0.528 e. The summed E-state index contributed by atoms with van der Waals surface area (Å²) < 4.78 is 5.19. The predicted octanol–water partition coefficient (Wildman–Crippen LogP) is 6.77. The summed E-state index contributed by atoms with van der Waals surface area (Å²) in [4.78, 5) is 12.2. The zero-order valence-corrected chi connectivity index (χ0v) is 20.8. The van der Waals surface area contributed by atoms with Crippen LogP contribution in [0.4, 0.5) is 0 Å². The molecule has 0 spiro atoms. The van der Waals surface area contributed by atoms with Crippen molar-refractivity contribution in [3.05, 3.63) is 35.4 Å². The van der Waals surface area contributed by atoms with E-state index in [1.165, 1.54) is 89.0 Å². The van der Waals surface area contributed by atoms with E-state index in [4.69, 9.17) is 4.43 Å². The van der Waals surface area contributed by atoms with Crippen LogP contribution in [0.15, 0.2) is 24.3 Å². The lowest BCUT2D eigenvalue weighted by molar-refractivity contribution is -0.136. The third kappa shape index (κ3) is 11.0. The van der Waals surface area contributed by atoms with Crippen molar-refractivity contribution in [1.82, 2.24) is 0 Å². The van der Waals surface area contributed by atoms with E-state index in [-0.39, 0.29) is 11.9 Å². The van der Waals surface area contributed by atoms with Gasteiger partial charge in [-0.25, -0.2) is 0 Å². The van der Waals surface area contributed by atoms with Crippen molar-refractivity contribution in [3.8, 4) is 0 Å². The number of carbonyl (C=O) groups is 1. The maximum atomic E-state index is 12.2. The van der Waals surface area contributed by atoms with Crippen LogP contribution >= 0.6 is 0 Å². The van der Waals surface area contributed by atoms with Gasteiger partial charge in [0.1, 0.15) is 0 Å². The van der Waals surface area contributed by atoms with Crippen LogP contribution in [0.25, 0.3) is 0 Å². The Hall–Kier alpha value is -1.09. The second-order valence-corrected chi connectivity index (χ2v) is 8.73. The largest absolute Gasteiger partial charge is 0.528 e. The zero-order valence-electron chi connectivity index (χ0n) is 18.8. The van der Waals surface area contributed by atoms with Crippen molar-refractivity contribution in [2.45, 2.75) is 116 Å². The smallest absolute Gasteiger partial charge is 0.299 e. The highest BCUT2D eigenvalue weighted by molar-refractivity contribution is 6.06. The van der Waals surface area contributed by atoms with Crippen molar-refractivity contribution in [2.75, 3.05) is 0 Å². The number of carbonyl (C=O) groups excluding carboxylic acids is 1. The van der Waals surface area contributed by atoms with Crippen LogP contribution < -0.4 is 0 Å². The molecule has 28 heavy (non-hydrogen) atoms. The minimum atomic E-state index is -0.0731. The molecule has 1 aromatic carbocycles. The third-order valence-electron chi connectivity index (χ3n) is 5.90. The Labute approximate surface area is 177 Å². The maximum Gasteiger partial charge on any atom is 0.299 e. The molecule has 1 unspecified atom stereocenters. The zero-order chi connectivity index (χ0) is 20.5. The van der Waals surface area contributed by atoms with Gasteiger partial charge < -0.3 is 4.43 Å². The molecule has 0 radical (unpaired) electrons. The van der Waals surface area contributed by atoms with E-state index in [0.717, 1.165) is 18.4 Å². The average molecular weight is 405 g/mol. The van der Waals surface area contributed by atoms with Gasteiger partial charge in [-0.2, -0.15) is 0 Å². The standard InChI is InChI=1S/C25H44O2Si/c1-3-4-5-6-7-8-9-10-11-12-13-14-15-16-21-24(25(26)27-28)23-20-18-17-19-22(23)2/h17-20,24H,3-16,21H2,1-2,28H3. The summed E-state index contributed by atoms with van der Waals surface area (Å²) in [5, 5.41) is 0. The van der Waals surface area contributed by atoms with Crippen molar-refractivity contribution in [2.24, 2.45) is 0 Å². The van der Waals surface area contributed by atoms with Gasteiger partial charge in [-0.15, -0.1) is 0 Å². The van der Waals surface area contributed by atoms with E-state index in [1.54, 1.807) is 0 Å². The molecule has 1 atom stereocenters. The monoisotopic (exact) mass is 404 g/mol. The van der Waals surface area contributed by atoms with E-state index < -0.39 is 0 Å². The predicted molar refractivity (Wildman–Crippen MR) is 125 cm³/mol. The van der Waals surface area contributed by atoms with Gasteiger partial charge in [0.15, 0.2) is 0 Å². The summed E-state index contributed by atoms with van der Waals surface area (Å²) in [6.45, 7) is 4.37.